The molecule has 6 N–H and O–H groups in total. The highest BCUT2D eigenvalue weighted by atomic mass is 35.5. The normalized spacial score (nSPS) is 11.3. The average Bonchev–Trinajstić information content (AvgIpc) is 2.62. The van der Waals surface area contributed by atoms with Crippen LogP contribution in [0.2, 0.25) is 0 Å². The lowest BCUT2D eigenvalue weighted by Gasteiger charge is -2.15. The fourth-order valence-electron chi connectivity index (χ4n) is 2.78. The lowest BCUT2D eigenvalue weighted by atomic mass is 10.1. The summed E-state index contributed by atoms with van der Waals surface area (Å²) in [6.07, 6.45) is 1.60. The summed E-state index contributed by atoms with van der Waals surface area (Å²) in [5, 5.41) is 24.0. The maximum Gasteiger partial charge on any atom is 0.327 e. The van der Waals surface area contributed by atoms with Gasteiger partial charge < -0.3 is 26.6 Å². The molecule has 1 unspecified atom stereocenters. The molecule has 29 heavy (non-hydrogen) atoms. The number of nitrogens with one attached hydrogen (secondary N) is 2. The van der Waals surface area contributed by atoms with Crippen molar-refractivity contribution in [2.45, 2.75) is 32.7 Å². The standard InChI is InChI=1S/C19H25N5O4.ClH/c1-11-16(17(26)24-15(10-20)18(27)28)12(2)23-19(22-11)21-8-4-6-13-5-3-7-14(25)9-13;/h3,5,7,9,15,25H,4,6,8,10,20H2,1-2H3,(H,24,26)(H,27,28)(H,21,22,23);1H. The van der Waals surface area contributed by atoms with Gasteiger partial charge in [-0.1, -0.05) is 12.1 Å². The van der Waals surface area contributed by atoms with Gasteiger partial charge in [0.15, 0.2) is 0 Å². The summed E-state index contributed by atoms with van der Waals surface area (Å²) < 4.78 is 0. The van der Waals surface area contributed by atoms with Crippen molar-refractivity contribution in [1.29, 1.82) is 0 Å². The molecule has 158 valence electrons. The molecule has 0 aliphatic heterocycles. The van der Waals surface area contributed by atoms with Crippen molar-refractivity contribution >= 4 is 30.2 Å². The molecule has 0 saturated heterocycles. The number of aliphatic carboxylic acids is 1. The van der Waals surface area contributed by atoms with Gasteiger partial charge in [0.2, 0.25) is 5.95 Å². The van der Waals surface area contributed by atoms with Gasteiger partial charge in [0.05, 0.1) is 17.0 Å². The molecule has 0 aliphatic rings. The molecule has 0 saturated carbocycles. The summed E-state index contributed by atoms with van der Waals surface area (Å²) in [7, 11) is 0. The first kappa shape index (κ1) is 24.1. The number of anilines is 1. The molecule has 1 amide bonds. The highest BCUT2D eigenvalue weighted by Crippen LogP contribution is 2.14. The Balaban J connectivity index is 0.00000420. The van der Waals surface area contributed by atoms with Crippen molar-refractivity contribution in [2.24, 2.45) is 5.73 Å². The van der Waals surface area contributed by atoms with E-state index in [9.17, 15) is 14.7 Å². The second-order valence-electron chi connectivity index (χ2n) is 6.39. The minimum absolute atomic E-state index is 0. The highest BCUT2D eigenvalue weighted by Gasteiger charge is 2.22. The lowest BCUT2D eigenvalue weighted by molar-refractivity contribution is -0.138. The number of aromatic hydroxyl groups is 1. The summed E-state index contributed by atoms with van der Waals surface area (Å²) in [6.45, 7) is 3.74. The molecule has 1 heterocycles. The number of benzene rings is 1. The predicted octanol–water partition coefficient (Wildman–Crippen LogP) is 1.41. The zero-order valence-corrected chi connectivity index (χ0v) is 17.1. The fourth-order valence-corrected chi connectivity index (χ4v) is 2.78. The highest BCUT2D eigenvalue weighted by molar-refractivity contribution is 5.98. The van der Waals surface area contributed by atoms with Gasteiger partial charge in [-0.15, -0.1) is 12.4 Å². The molecule has 10 heteroatoms. The van der Waals surface area contributed by atoms with Crippen molar-refractivity contribution in [2.75, 3.05) is 18.4 Å². The molecule has 0 radical (unpaired) electrons. The first-order valence-electron chi connectivity index (χ1n) is 8.92. The molecule has 0 spiro atoms. The Labute approximate surface area is 175 Å². The summed E-state index contributed by atoms with van der Waals surface area (Å²) >= 11 is 0. The molecule has 1 atom stereocenters. The van der Waals surface area contributed by atoms with E-state index in [0.717, 1.165) is 18.4 Å². The maximum absolute atomic E-state index is 12.4. The number of carbonyl (C=O) groups excluding carboxylic acids is 1. The molecule has 9 nitrogen and oxygen atoms in total. The Morgan fingerprint density at radius 2 is 1.86 bits per heavy atom. The molecule has 0 aliphatic carbocycles. The third-order valence-corrected chi connectivity index (χ3v) is 4.17. The Morgan fingerprint density at radius 1 is 1.21 bits per heavy atom. The van der Waals surface area contributed by atoms with Crippen LogP contribution in [-0.4, -0.2) is 51.2 Å². The van der Waals surface area contributed by atoms with Crippen LogP contribution in [0.15, 0.2) is 24.3 Å². The van der Waals surface area contributed by atoms with Crippen LogP contribution in [0.1, 0.15) is 33.7 Å². The Bertz CT molecular complexity index is 839. The molecule has 2 rings (SSSR count). The van der Waals surface area contributed by atoms with Crippen LogP contribution in [0.4, 0.5) is 5.95 Å². The van der Waals surface area contributed by atoms with Crippen LogP contribution in [-0.2, 0) is 11.2 Å². The van der Waals surface area contributed by atoms with Gasteiger partial charge in [0.1, 0.15) is 11.8 Å². The number of phenolic OH excluding ortho intramolecular Hbond substituents is 1. The minimum atomic E-state index is -1.20. The zero-order chi connectivity index (χ0) is 20.7. The molecular weight excluding hydrogens is 398 g/mol. The Morgan fingerprint density at radius 3 is 2.41 bits per heavy atom. The fraction of sp³-hybridized carbons (Fsp3) is 0.368. The SMILES string of the molecule is Cc1nc(NCCCc2cccc(O)c2)nc(C)c1C(=O)NC(CN)C(=O)O.Cl. The number of nitrogens with two attached hydrogens (primary N) is 1. The van der Waals surface area contributed by atoms with Crippen molar-refractivity contribution in [3.63, 3.8) is 0 Å². The summed E-state index contributed by atoms with van der Waals surface area (Å²) in [5.41, 5.74) is 7.54. The minimum Gasteiger partial charge on any atom is -0.508 e. The van der Waals surface area contributed by atoms with E-state index >= 15 is 0 Å². The number of hydrogen-bond acceptors (Lipinski definition) is 7. The van der Waals surface area contributed by atoms with Crippen LogP contribution in [0.5, 0.6) is 5.75 Å². The van der Waals surface area contributed by atoms with Gasteiger partial charge in [0.25, 0.3) is 5.91 Å². The second-order valence-corrected chi connectivity index (χ2v) is 6.39. The molecule has 0 fully saturated rings. The smallest absolute Gasteiger partial charge is 0.327 e. The van der Waals surface area contributed by atoms with Gasteiger partial charge >= 0.3 is 5.97 Å². The lowest BCUT2D eigenvalue weighted by Crippen LogP contribution is -2.46. The van der Waals surface area contributed by atoms with E-state index in [0.29, 0.717) is 23.9 Å². The van der Waals surface area contributed by atoms with Crippen molar-refractivity contribution < 1.29 is 19.8 Å². The summed E-state index contributed by atoms with van der Waals surface area (Å²) in [6, 6.07) is 5.94. The van der Waals surface area contributed by atoms with E-state index in [1.165, 1.54) is 0 Å². The first-order chi connectivity index (χ1) is 13.3. The Hall–Kier alpha value is -2.91. The number of carboxylic acid groups (broad SMARTS) is 1. The number of hydrogen-bond donors (Lipinski definition) is 5. The van der Waals surface area contributed by atoms with Crippen LogP contribution >= 0.6 is 12.4 Å². The van der Waals surface area contributed by atoms with E-state index in [1.807, 2.05) is 6.07 Å². The van der Waals surface area contributed by atoms with Crippen LogP contribution in [0.25, 0.3) is 0 Å². The van der Waals surface area contributed by atoms with E-state index in [-0.39, 0.29) is 30.3 Å². The topological polar surface area (TPSA) is 150 Å². The second kappa shape index (κ2) is 11.2. The number of phenols is 1. The quantitative estimate of drug-likeness (QED) is 0.380. The number of aryl methyl sites for hydroxylation is 3. The number of carbonyl (C=O) groups is 2. The van der Waals surface area contributed by atoms with Crippen LogP contribution in [0.3, 0.4) is 0 Å². The number of nitrogens with zero attached hydrogens (tertiary/aromatic N) is 2. The number of carboxylic acids is 1. The van der Waals surface area contributed by atoms with E-state index in [1.54, 1.807) is 32.0 Å². The van der Waals surface area contributed by atoms with Gasteiger partial charge in [0, 0.05) is 13.1 Å². The summed E-state index contributed by atoms with van der Waals surface area (Å²) in [4.78, 5) is 32.0. The predicted molar refractivity (Wildman–Crippen MR) is 112 cm³/mol. The number of rotatable bonds is 9. The van der Waals surface area contributed by atoms with Crippen LogP contribution < -0.4 is 16.4 Å². The van der Waals surface area contributed by atoms with Gasteiger partial charge in [-0.05, 0) is 44.4 Å². The Kier molecular flexibility index (Phi) is 9.30. The van der Waals surface area contributed by atoms with Gasteiger partial charge in [-0.25, -0.2) is 14.8 Å². The third kappa shape index (κ3) is 6.88. The molecular formula is C19H26ClN5O4. The first-order valence-corrected chi connectivity index (χ1v) is 8.92. The molecule has 2 aromatic rings. The van der Waals surface area contributed by atoms with Crippen molar-refractivity contribution in [1.82, 2.24) is 15.3 Å². The third-order valence-electron chi connectivity index (χ3n) is 4.17. The van der Waals surface area contributed by atoms with Crippen molar-refractivity contribution in [3.8, 4) is 5.75 Å². The number of amides is 1. The van der Waals surface area contributed by atoms with E-state index < -0.39 is 17.9 Å². The maximum atomic E-state index is 12.4. The van der Waals surface area contributed by atoms with Gasteiger partial charge in [-0.3, -0.25) is 4.79 Å². The zero-order valence-electron chi connectivity index (χ0n) is 16.3. The molecule has 1 aromatic heterocycles. The summed E-state index contributed by atoms with van der Waals surface area (Å²) in [5.74, 6) is -1.12. The average molecular weight is 424 g/mol. The largest absolute Gasteiger partial charge is 0.508 e. The molecule has 1 aromatic carbocycles. The van der Waals surface area contributed by atoms with E-state index in [2.05, 4.69) is 20.6 Å². The van der Waals surface area contributed by atoms with Gasteiger partial charge in [-0.2, -0.15) is 0 Å². The number of halogens is 1. The monoisotopic (exact) mass is 423 g/mol. The molecule has 0 bridgehead atoms. The van der Waals surface area contributed by atoms with Crippen LogP contribution in [0, 0.1) is 13.8 Å². The van der Waals surface area contributed by atoms with E-state index in [4.69, 9.17) is 10.8 Å². The number of aromatic nitrogens is 2. The van der Waals surface area contributed by atoms with Crippen molar-refractivity contribution in [3.05, 3.63) is 46.8 Å².